The van der Waals surface area contributed by atoms with Crippen LogP contribution in [0, 0.1) is 5.41 Å². The van der Waals surface area contributed by atoms with Crippen LogP contribution < -0.4 is 15.8 Å². The lowest BCUT2D eigenvalue weighted by Crippen LogP contribution is -2.30. The molecule has 1 aliphatic carbocycles. The van der Waals surface area contributed by atoms with Crippen molar-refractivity contribution in [2.24, 2.45) is 11.1 Å². The summed E-state index contributed by atoms with van der Waals surface area (Å²) in [4.78, 5) is 12.6. The van der Waals surface area contributed by atoms with Crippen molar-refractivity contribution in [2.45, 2.75) is 32.6 Å². The molecule has 1 aliphatic rings. The maximum absolute atomic E-state index is 12.3. The average molecular weight is 292 g/mol. The van der Waals surface area contributed by atoms with Gasteiger partial charge in [-0.3, -0.25) is 4.79 Å². The number of benzene rings is 1. The Balaban J connectivity index is 1.93. The van der Waals surface area contributed by atoms with Gasteiger partial charge in [0.2, 0.25) is 5.91 Å². The van der Waals surface area contributed by atoms with Crippen LogP contribution in [0.25, 0.3) is 0 Å². The van der Waals surface area contributed by atoms with Crippen molar-refractivity contribution in [3.8, 4) is 5.75 Å². The molecule has 5 heteroatoms. The third-order valence-electron chi connectivity index (χ3n) is 3.75. The van der Waals surface area contributed by atoms with Crippen molar-refractivity contribution >= 4 is 28.8 Å². The lowest BCUT2D eigenvalue weighted by molar-refractivity contribution is -0.124. The number of carbonyl (C=O) groups is 1. The van der Waals surface area contributed by atoms with Gasteiger partial charge in [-0.2, -0.15) is 0 Å². The highest BCUT2D eigenvalue weighted by Crippen LogP contribution is 2.38. The summed E-state index contributed by atoms with van der Waals surface area (Å²) in [5, 5.41) is 2.97. The highest BCUT2D eigenvalue weighted by molar-refractivity contribution is 7.80. The largest absolute Gasteiger partial charge is 0.487 e. The van der Waals surface area contributed by atoms with Gasteiger partial charge in [0.25, 0.3) is 0 Å². The topological polar surface area (TPSA) is 64.3 Å². The van der Waals surface area contributed by atoms with Gasteiger partial charge in [0, 0.05) is 11.1 Å². The summed E-state index contributed by atoms with van der Waals surface area (Å²) in [6.07, 6.45) is 4.20. The molecule has 4 nitrogen and oxygen atoms in total. The Morgan fingerprint density at radius 3 is 2.50 bits per heavy atom. The van der Waals surface area contributed by atoms with E-state index in [1.54, 1.807) is 12.1 Å². The molecule has 0 aliphatic heterocycles. The molecule has 0 unspecified atom stereocenters. The number of hydrogen-bond donors (Lipinski definition) is 2. The molecular weight excluding hydrogens is 272 g/mol. The fourth-order valence-corrected chi connectivity index (χ4v) is 2.51. The molecule has 0 saturated heterocycles. The van der Waals surface area contributed by atoms with E-state index in [-0.39, 0.29) is 17.9 Å². The molecule has 0 spiro atoms. The molecule has 1 amide bonds. The van der Waals surface area contributed by atoms with Crippen molar-refractivity contribution in [1.29, 1.82) is 0 Å². The summed E-state index contributed by atoms with van der Waals surface area (Å²) in [7, 11) is 0. The van der Waals surface area contributed by atoms with E-state index < -0.39 is 0 Å². The second kappa shape index (κ2) is 6.22. The lowest BCUT2D eigenvalue weighted by Gasteiger charge is -2.22. The van der Waals surface area contributed by atoms with Crippen LogP contribution in [0.2, 0.25) is 0 Å². The van der Waals surface area contributed by atoms with E-state index in [4.69, 9.17) is 22.7 Å². The van der Waals surface area contributed by atoms with E-state index in [1.165, 1.54) is 0 Å². The second-order valence-electron chi connectivity index (χ2n) is 5.50. The van der Waals surface area contributed by atoms with Crippen molar-refractivity contribution in [3.63, 3.8) is 0 Å². The van der Waals surface area contributed by atoms with E-state index in [1.807, 2.05) is 19.1 Å². The number of carbonyl (C=O) groups excluding carboxylic acids is 1. The first-order valence-corrected chi connectivity index (χ1v) is 7.23. The number of nitrogens with two attached hydrogens (primary N) is 1. The van der Waals surface area contributed by atoms with Crippen LogP contribution in [0.1, 0.15) is 32.6 Å². The van der Waals surface area contributed by atoms with Gasteiger partial charge < -0.3 is 15.8 Å². The van der Waals surface area contributed by atoms with E-state index >= 15 is 0 Å². The Morgan fingerprint density at radius 1 is 1.35 bits per heavy atom. The van der Waals surface area contributed by atoms with Gasteiger partial charge in [0.15, 0.2) is 0 Å². The molecule has 2 rings (SSSR count). The zero-order valence-electron chi connectivity index (χ0n) is 11.6. The first kappa shape index (κ1) is 14.8. The molecule has 1 fully saturated rings. The van der Waals surface area contributed by atoms with Crippen LogP contribution in [-0.4, -0.2) is 17.5 Å². The lowest BCUT2D eigenvalue weighted by atomic mass is 9.88. The van der Waals surface area contributed by atoms with E-state index in [0.29, 0.717) is 10.7 Å². The summed E-state index contributed by atoms with van der Waals surface area (Å²) >= 11 is 4.75. The molecule has 0 radical (unpaired) electrons. The Morgan fingerprint density at radius 2 is 1.95 bits per heavy atom. The summed E-state index contributed by atoms with van der Waals surface area (Å²) < 4.78 is 5.37. The number of hydrogen-bond acceptors (Lipinski definition) is 3. The quantitative estimate of drug-likeness (QED) is 0.819. The first-order valence-electron chi connectivity index (χ1n) is 6.82. The summed E-state index contributed by atoms with van der Waals surface area (Å²) in [5.41, 5.74) is 5.93. The van der Waals surface area contributed by atoms with E-state index in [0.717, 1.165) is 31.4 Å². The van der Waals surface area contributed by atoms with Gasteiger partial charge in [0.05, 0.1) is 0 Å². The Kier molecular flexibility index (Phi) is 4.60. The van der Waals surface area contributed by atoms with Crippen LogP contribution in [0.5, 0.6) is 5.75 Å². The maximum Gasteiger partial charge on any atom is 0.230 e. The summed E-state index contributed by atoms with van der Waals surface area (Å²) in [5.74, 6) is 0.787. The van der Waals surface area contributed by atoms with Crippen LogP contribution in [0.15, 0.2) is 24.3 Å². The molecule has 1 saturated carbocycles. The normalized spacial score (nSPS) is 16.6. The number of nitrogens with one attached hydrogen (secondary N) is 1. The molecular formula is C15H20N2O2S. The summed E-state index contributed by atoms with van der Waals surface area (Å²) in [6.45, 7) is 2.26. The monoisotopic (exact) mass is 292 g/mol. The Labute approximate surface area is 124 Å². The molecule has 0 heterocycles. The maximum atomic E-state index is 12.3. The molecule has 0 bridgehead atoms. The van der Waals surface area contributed by atoms with E-state index in [2.05, 4.69) is 5.32 Å². The van der Waals surface area contributed by atoms with Crippen LogP contribution >= 0.6 is 12.2 Å². The first-order chi connectivity index (χ1) is 9.49. The molecule has 0 atom stereocenters. The van der Waals surface area contributed by atoms with Gasteiger partial charge in [-0.1, -0.05) is 32.0 Å². The molecule has 108 valence electrons. The van der Waals surface area contributed by atoms with Crippen LogP contribution in [0.4, 0.5) is 5.69 Å². The predicted octanol–water partition coefficient (Wildman–Crippen LogP) is 2.87. The fourth-order valence-electron chi connectivity index (χ4n) is 2.45. The van der Waals surface area contributed by atoms with Gasteiger partial charge >= 0.3 is 0 Å². The third-order valence-corrected chi connectivity index (χ3v) is 3.87. The molecule has 20 heavy (non-hydrogen) atoms. The second-order valence-corrected chi connectivity index (χ2v) is 6.03. The number of amides is 1. The molecule has 3 N–H and O–H groups in total. The van der Waals surface area contributed by atoms with Crippen molar-refractivity contribution in [2.75, 3.05) is 11.9 Å². The fraction of sp³-hybridized carbons (Fsp3) is 0.467. The summed E-state index contributed by atoms with van der Waals surface area (Å²) in [6, 6.07) is 7.24. The van der Waals surface area contributed by atoms with Crippen molar-refractivity contribution in [1.82, 2.24) is 0 Å². The van der Waals surface area contributed by atoms with E-state index in [9.17, 15) is 4.79 Å². The number of anilines is 1. The average Bonchev–Trinajstić information content (AvgIpc) is 2.86. The predicted molar refractivity (Wildman–Crippen MR) is 83.9 cm³/mol. The minimum absolute atomic E-state index is 0.104. The minimum Gasteiger partial charge on any atom is -0.487 e. The number of ether oxygens (including phenoxy) is 1. The number of rotatable bonds is 5. The zero-order valence-corrected chi connectivity index (χ0v) is 12.5. The minimum atomic E-state index is -0.221. The van der Waals surface area contributed by atoms with Gasteiger partial charge in [-0.25, -0.2) is 0 Å². The molecule has 0 aromatic heterocycles. The zero-order chi connectivity index (χ0) is 14.6. The van der Waals surface area contributed by atoms with Gasteiger partial charge in [-0.15, -0.1) is 0 Å². The van der Waals surface area contributed by atoms with Crippen LogP contribution in [0.3, 0.4) is 0 Å². The third kappa shape index (κ3) is 3.70. The Bertz CT molecular complexity index is 493. The van der Waals surface area contributed by atoms with Crippen molar-refractivity contribution in [3.05, 3.63) is 24.3 Å². The smallest absolute Gasteiger partial charge is 0.230 e. The van der Waals surface area contributed by atoms with Gasteiger partial charge in [-0.05, 0) is 37.1 Å². The highest BCUT2D eigenvalue weighted by atomic mass is 32.1. The van der Waals surface area contributed by atoms with Crippen LogP contribution in [-0.2, 0) is 4.79 Å². The SMILES string of the molecule is CC1(C(=O)Nc2ccc(OCC(N)=S)cc2)CCCC1. The standard InChI is InChI=1S/C15H20N2O2S/c1-15(8-2-3-9-15)14(18)17-11-4-6-12(7-5-11)19-10-13(16)20/h4-7H,2-3,8-10H2,1H3,(H2,16,20)(H,17,18). The molecule has 1 aromatic rings. The molecule has 1 aromatic carbocycles. The van der Waals surface area contributed by atoms with Crippen molar-refractivity contribution < 1.29 is 9.53 Å². The highest BCUT2D eigenvalue weighted by Gasteiger charge is 2.36. The number of thiocarbonyl (C=S) groups is 1. The Hall–Kier alpha value is -1.62. The van der Waals surface area contributed by atoms with Gasteiger partial charge in [0.1, 0.15) is 17.3 Å².